The van der Waals surface area contributed by atoms with Crippen molar-refractivity contribution >= 4 is 6.03 Å². The van der Waals surface area contributed by atoms with Crippen molar-refractivity contribution in [2.24, 2.45) is 5.92 Å². The molecule has 5 heteroatoms. The molecule has 0 spiro atoms. The number of aliphatic hydroxyl groups is 1. The van der Waals surface area contributed by atoms with Gasteiger partial charge in [-0.3, -0.25) is 0 Å². The van der Waals surface area contributed by atoms with Gasteiger partial charge in [0.1, 0.15) is 0 Å². The first-order valence-electron chi connectivity index (χ1n) is 9.02. The van der Waals surface area contributed by atoms with Crippen molar-refractivity contribution in [1.82, 2.24) is 9.80 Å². The zero-order chi connectivity index (χ0) is 16.9. The SMILES string of the molecule is CCc1ccc(C2CC(CO)CN(C(=O)N3CCOCC3)C2)cc1. The average Bonchev–Trinajstić information content (AvgIpc) is 2.67. The Morgan fingerprint density at radius 3 is 2.50 bits per heavy atom. The van der Waals surface area contributed by atoms with Crippen LogP contribution >= 0.6 is 0 Å². The van der Waals surface area contributed by atoms with Crippen LogP contribution in [0.3, 0.4) is 0 Å². The first-order chi connectivity index (χ1) is 11.7. The van der Waals surface area contributed by atoms with E-state index in [2.05, 4.69) is 31.2 Å². The van der Waals surface area contributed by atoms with Gasteiger partial charge in [0.05, 0.1) is 13.2 Å². The summed E-state index contributed by atoms with van der Waals surface area (Å²) in [6.45, 7) is 6.23. The lowest BCUT2D eigenvalue weighted by Crippen LogP contribution is -2.52. The standard InChI is InChI=1S/C19H28N2O3/c1-2-15-3-5-17(6-4-15)18-11-16(14-22)12-21(13-18)19(23)20-7-9-24-10-8-20/h3-6,16,18,22H,2,7-14H2,1H3. The normalized spacial score (nSPS) is 24.9. The molecule has 2 aliphatic rings. The molecule has 0 saturated carbocycles. The summed E-state index contributed by atoms with van der Waals surface area (Å²) in [5, 5.41) is 9.68. The molecule has 3 rings (SSSR count). The van der Waals surface area contributed by atoms with Gasteiger partial charge in [-0.25, -0.2) is 4.79 Å². The second-order valence-electron chi connectivity index (χ2n) is 6.86. The highest BCUT2D eigenvalue weighted by molar-refractivity contribution is 5.74. The molecule has 0 aliphatic carbocycles. The topological polar surface area (TPSA) is 53.0 Å². The number of aryl methyl sites for hydroxylation is 1. The Hall–Kier alpha value is -1.59. The molecule has 24 heavy (non-hydrogen) atoms. The van der Waals surface area contributed by atoms with E-state index < -0.39 is 0 Å². The van der Waals surface area contributed by atoms with E-state index in [0.29, 0.717) is 38.8 Å². The van der Waals surface area contributed by atoms with Gasteiger partial charge in [0.2, 0.25) is 0 Å². The van der Waals surface area contributed by atoms with Gasteiger partial charge in [-0.15, -0.1) is 0 Å². The van der Waals surface area contributed by atoms with Crippen LogP contribution in [0.4, 0.5) is 4.79 Å². The summed E-state index contributed by atoms with van der Waals surface area (Å²) in [4.78, 5) is 16.6. The summed E-state index contributed by atoms with van der Waals surface area (Å²) < 4.78 is 5.34. The molecule has 2 unspecified atom stereocenters. The number of carbonyl (C=O) groups excluding carboxylic acids is 1. The number of nitrogens with zero attached hydrogens (tertiary/aromatic N) is 2. The molecule has 0 aromatic heterocycles. The smallest absolute Gasteiger partial charge is 0.320 e. The van der Waals surface area contributed by atoms with E-state index >= 15 is 0 Å². The number of hydrogen-bond acceptors (Lipinski definition) is 3. The molecule has 2 heterocycles. The third-order valence-corrected chi connectivity index (χ3v) is 5.21. The molecule has 2 aliphatic heterocycles. The Balaban J connectivity index is 1.71. The Morgan fingerprint density at radius 2 is 1.88 bits per heavy atom. The molecule has 2 saturated heterocycles. The van der Waals surface area contributed by atoms with Gasteiger partial charge in [0.25, 0.3) is 0 Å². The molecule has 2 fully saturated rings. The highest BCUT2D eigenvalue weighted by Crippen LogP contribution is 2.31. The number of aliphatic hydroxyl groups excluding tert-OH is 1. The first-order valence-corrected chi connectivity index (χ1v) is 9.02. The van der Waals surface area contributed by atoms with Crippen molar-refractivity contribution in [3.8, 4) is 0 Å². The number of hydrogen-bond donors (Lipinski definition) is 1. The minimum Gasteiger partial charge on any atom is -0.396 e. The van der Waals surface area contributed by atoms with Crippen LogP contribution in [0.2, 0.25) is 0 Å². The molecule has 1 N–H and O–H groups in total. The van der Waals surface area contributed by atoms with Gasteiger partial charge in [-0.1, -0.05) is 31.2 Å². The maximum absolute atomic E-state index is 12.8. The highest BCUT2D eigenvalue weighted by atomic mass is 16.5. The van der Waals surface area contributed by atoms with Crippen LogP contribution in [0.1, 0.15) is 30.4 Å². The van der Waals surface area contributed by atoms with Gasteiger partial charge in [-0.2, -0.15) is 0 Å². The van der Waals surface area contributed by atoms with Crippen LogP contribution < -0.4 is 0 Å². The zero-order valence-electron chi connectivity index (χ0n) is 14.5. The summed E-state index contributed by atoms with van der Waals surface area (Å²) in [5.41, 5.74) is 2.60. The lowest BCUT2D eigenvalue weighted by atomic mass is 9.84. The Bertz CT molecular complexity index is 540. The van der Waals surface area contributed by atoms with E-state index in [9.17, 15) is 9.90 Å². The summed E-state index contributed by atoms with van der Waals surface area (Å²) in [7, 11) is 0. The fraction of sp³-hybridized carbons (Fsp3) is 0.632. The van der Waals surface area contributed by atoms with Crippen LogP contribution in [0.25, 0.3) is 0 Å². The van der Waals surface area contributed by atoms with Crippen LogP contribution in [-0.2, 0) is 11.2 Å². The van der Waals surface area contributed by atoms with Gasteiger partial charge in [0.15, 0.2) is 0 Å². The Labute approximate surface area is 144 Å². The average molecular weight is 332 g/mol. The number of ether oxygens (including phenoxy) is 1. The van der Waals surface area contributed by atoms with Gasteiger partial charge in [0, 0.05) is 44.6 Å². The van der Waals surface area contributed by atoms with Crippen molar-refractivity contribution in [3.63, 3.8) is 0 Å². The monoisotopic (exact) mass is 332 g/mol. The molecular weight excluding hydrogens is 304 g/mol. The molecular formula is C19H28N2O3. The second-order valence-corrected chi connectivity index (χ2v) is 6.86. The molecule has 5 nitrogen and oxygen atoms in total. The third kappa shape index (κ3) is 3.90. The van der Waals surface area contributed by atoms with Crippen molar-refractivity contribution < 1.29 is 14.6 Å². The van der Waals surface area contributed by atoms with Crippen molar-refractivity contribution in [2.75, 3.05) is 46.0 Å². The molecule has 1 aromatic rings. The number of amides is 2. The number of morpholine rings is 1. The number of urea groups is 1. The predicted octanol–water partition coefficient (Wildman–Crippen LogP) is 2.10. The summed E-state index contributed by atoms with van der Waals surface area (Å²) >= 11 is 0. The van der Waals surface area contributed by atoms with E-state index in [0.717, 1.165) is 19.4 Å². The lowest BCUT2D eigenvalue weighted by Gasteiger charge is -2.40. The predicted molar refractivity (Wildman–Crippen MR) is 93.1 cm³/mol. The van der Waals surface area contributed by atoms with Crippen LogP contribution in [0.15, 0.2) is 24.3 Å². The fourth-order valence-corrected chi connectivity index (χ4v) is 3.71. The van der Waals surface area contributed by atoms with Crippen LogP contribution in [0.5, 0.6) is 0 Å². The number of carbonyl (C=O) groups is 1. The molecule has 0 bridgehead atoms. The quantitative estimate of drug-likeness (QED) is 0.922. The summed E-state index contributed by atoms with van der Waals surface area (Å²) in [6.07, 6.45) is 1.97. The van der Waals surface area contributed by atoms with Gasteiger partial charge in [-0.05, 0) is 24.0 Å². The van der Waals surface area contributed by atoms with Crippen LogP contribution in [-0.4, -0.2) is 66.9 Å². The second kappa shape index (κ2) is 7.99. The van der Waals surface area contributed by atoms with E-state index in [1.165, 1.54) is 11.1 Å². The lowest BCUT2D eigenvalue weighted by molar-refractivity contribution is 0.0350. The Kier molecular flexibility index (Phi) is 5.74. The minimum atomic E-state index is 0.0895. The molecule has 2 amide bonds. The van der Waals surface area contributed by atoms with E-state index in [1.54, 1.807) is 0 Å². The van der Waals surface area contributed by atoms with E-state index in [1.807, 2.05) is 9.80 Å². The van der Waals surface area contributed by atoms with Crippen LogP contribution in [0, 0.1) is 5.92 Å². The first kappa shape index (κ1) is 17.2. The molecule has 132 valence electrons. The molecule has 0 radical (unpaired) electrons. The Morgan fingerprint density at radius 1 is 1.17 bits per heavy atom. The summed E-state index contributed by atoms with van der Waals surface area (Å²) in [5.74, 6) is 0.450. The summed E-state index contributed by atoms with van der Waals surface area (Å²) in [6, 6.07) is 8.80. The van der Waals surface area contributed by atoms with Crippen molar-refractivity contribution in [1.29, 1.82) is 0 Å². The van der Waals surface area contributed by atoms with Gasteiger partial charge < -0.3 is 19.6 Å². The number of likely N-dealkylation sites (tertiary alicyclic amines) is 1. The van der Waals surface area contributed by atoms with Crippen molar-refractivity contribution in [2.45, 2.75) is 25.7 Å². The van der Waals surface area contributed by atoms with E-state index in [-0.39, 0.29) is 18.6 Å². The molecule has 2 atom stereocenters. The number of benzene rings is 1. The van der Waals surface area contributed by atoms with Crippen molar-refractivity contribution in [3.05, 3.63) is 35.4 Å². The zero-order valence-corrected chi connectivity index (χ0v) is 14.5. The maximum Gasteiger partial charge on any atom is 0.320 e. The third-order valence-electron chi connectivity index (χ3n) is 5.21. The highest BCUT2D eigenvalue weighted by Gasteiger charge is 2.33. The number of rotatable bonds is 3. The maximum atomic E-state index is 12.8. The largest absolute Gasteiger partial charge is 0.396 e. The van der Waals surface area contributed by atoms with E-state index in [4.69, 9.17) is 4.74 Å². The minimum absolute atomic E-state index is 0.0895. The number of piperidine rings is 1. The van der Waals surface area contributed by atoms with Gasteiger partial charge >= 0.3 is 6.03 Å². The fourth-order valence-electron chi connectivity index (χ4n) is 3.71. The molecule has 1 aromatic carbocycles.